The smallest absolute Gasteiger partial charge is 0.220 e. The van der Waals surface area contributed by atoms with E-state index >= 15 is 0 Å². The Hall–Kier alpha value is -2.77. The molecule has 152 valence electrons. The average molecular weight is 400 g/mol. The lowest BCUT2D eigenvalue weighted by Gasteiger charge is -2.28. The van der Waals surface area contributed by atoms with Gasteiger partial charge in [0.05, 0.1) is 18.8 Å². The van der Waals surface area contributed by atoms with Crippen LogP contribution in [0.15, 0.2) is 42.5 Å². The Morgan fingerprint density at radius 2 is 1.93 bits per heavy atom. The predicted octanol–water partition coefficient (Wildman–Crippen LogP) is 3.31. The molecular formula is C22H22F2N2O3. The van der Waals surface area contributed by atoms with Crippen molar-refractivity contribution >= 4 is 16.8 Å². The van der Waals surface area contributed by atoms with E-state index in [1.165, 1.54) is 24.3 Å². The number of aromatic nitrogens is 1. The van der Waals surface area contributed by atoms with Crippen LogP contribution in [0.5, 0.6) is 0 Å². The predicted molar refractivity (Wildman–Crippen MR) is 105 cm³/mol. The van der Waals surface area contributed by atoms with E-state index in [-0.39, 0.29) is 30.6 Å². The van der Waals surface area contributed by atoms with E-state index in [9.17, 15) is 18.7 Å². The van der Waals surface area contributed by atoms with Crippen LogP contribution in [0.4, 0.5) is 8.78 Å². The lowest BCUT2D eigenvalue weighted by atomic mass is 10.0. The minimum atomic E-state index is -0.621. The molecule has 2 heterocycles. The summed E-state index contributed by atoms with van der Waals surface area (Å²) in [5, 5.41) is 13.5. The maximum absolute atomic E-state index is 13.8. The van der Waals surface area contributed by atoms with Crippen molar-refractivity contribution in [1.82, 2.24) is 10.3 Å². The number of hydrogen-bond donors (Lipinski definition) is 3. The molecule has 0 radical (unpaired) electrons. The number of carbonyl (C=O) groups is 1. The van der Waals surface area contributed by atoms with Gasteiger partial charge in [0.15, 0.2) is 0 Å². The SMILES string of the molecule is O=C(CCc1c(-c2ccc(F)cc2)[nH]c2ccc(F)cc12)N[C@@H]1COCC[C@H]1O. The highest BCUT2D eigenvalue weighted by Gasteiger charge is 2.25. The van der Waals surface area contributed by atoms with E-state index in [1.807, 2.05) is 0 Å². The molecule has 0 aliphatic carbocycles. The first kappa shape index (κ1) is 19.5. The van der Waals surface area contributed by atoms with E-state index in [2.05, 4.69) is 10.3 Å². The minimum Gasteiger partial charge on any atom is -0.391 e. The summed E-state index contributed by atoms with van der Waals surface area (Å²) in [6, 6.07) is 10.1. The van der Waals surface area contributed by atoms with E-state index in [4.69, 9.17) is 4.74 Å². The number of aryl methyl sites for hydroxylation is 1. The molecular weight excluding hydrogens is 378 g/mol. The van der Waals surface area contributed by atoms with Crippen LogP contribution >= 0.6 is 0 Å². The molecule has 0 unspecified atom stereocenters. The largest absolute Gasteiger partial charge is 0.391 e. The maximum Gasteiger partial charge on any atom is 0.220 e. The van der Waals surface area contributed by atoms with Crippen LogP contribution in [-0.4, -0.2) is 41.4 Å². The van der Waals surface area contributed by atoms with E-state index in [0.717, 1.165) is 22.3 Å². The summed E-state index contributed by atoms with van der Waals surface area (Å²) in [7, 11) is 0. The van der Waals surface area contributed by atoms with Crippen LogP contribution in [-0.2, 0) is 16.0 Å². The third kappa shape index (κ3) is 4.31. The Morgan fingerprint density at radius 1 is 1.17 bits per heavy atom. The molecule has 1 fully saturated rings. The normalized spacial score (nSPS) is 19.4. The molecule has 4 rings (SSSR count). The highest BCUT2D eigenvalue weighted by atomic mass is 19.1. The van der Waals surface area contributed by atoms with Gasteiger partial charge in [-0.25, -0.2) is 8.78 Å². The molecule has 29 heavy (non-hydrogen) atoms. The Morgan fingerprint density at radius 3 is 2.69 bits per heavy atom. The minimum absolute atomic E-state index is 0.168. The number of aromatic amines is 1. The Kier molecular flexibility index (Phi) is 5.60. The van der Waals surface area contributed by atoms with Crippen LogP contribution in [0.3, 0.4) is 0 Å². The number of halogens is 2. The molecule has 1 aliphatic heterocycles. The number of amides is 1. The highest BCUT2D eigenvalue weighted by Crippen LogP contribution is 2.32. The third-order valence-electron chi connectivity index (χ3n) is 5.27. The second-order valence-corrected chi connectivity index (χ2v) is 7.28. The van der Waals surface area contributed by atoms with Gasteiger partial charge in [-0.1, -0.05) is 0 Å². The fraction of sp³-hybridized carbons (Fsp3) is 0.318. The molecule has 3 aromatic rings. The summed E-state index contributed by atoms with van der Waals surface area (Å²) in [4.78, 5) is 15.7. The Bertz CT molecular complexity index is 1020. The summed E-state index contributed by atoms with van der Waals surface area (Å²) in [5.74, 6) is -0.921. The summed E-state index contributed by atoms with van der Waals surface area (Å²) in [6.45, 7) is 0.765. The van der Waals surface area contributed by atoms with Gasteiger partial charge < -0.3 is 20.1 Å². The van der Waals surface area contributed by atoms with Crippen LogP contribution in [0, 0.1) is 11.6 Å². The molecule has 1 aliphatic rings. The number of aliphatic hydroxyl groups excluding tert-OH is 1. The highest BCUT2D eigenvalue weighted by molar-refractivity contribution is 5.91. The van der Waals surface area contributed by atoms with Gasteiger partial charge in [-0.15, -0.1) is 0 Å². The zero-order valence-electron chi connectivity index (χ0n) is 15.8. The molecule has 0 bridgehead atoms. The first-order valence-electron chi connectivity index (χ1n) is 9.62. The summed E-state index contributed by atoms with van der Waals surface area (Å²) < 4.78 is 32.5. The molecule has 7 heteroatoms. The van der Waals surface area contributed by atoms with Crippen molar-refractivity contribution in [3.05, 3.63) is 59.7 Å². The Labute approximate surface area is 166 Å². The van der Waals surface area contributed by atoms with Crippen LogP contribution in [0.1, 0.15) is 18.4 Å². The lowest BCUT2D eigenvalue weighted by molar-refractivity contribution is -0.124. The van der Waals surface area contributed by atoms with Crippen LogP contribution in [0.25, 0.3) is 22.2 Å². The average Bonchev–Trinajstić information content (AvgIpc) is 3.06. The number of rotatable bonds is 5. The summed E-state index contributed by atoms with van der Waals surface area (Å²) in [6.07, 6.45) is 0.401. The molecule has 1 saturated heterocycles. The first-order chi connectivity index (χ1) is 14.0. The molecule has 5 nitrogen and oxygen atoms in total. The van der Waals surface area contributed by atoms with E-state index < -0.39 is 12.1 Å². The number of benzene rings is 2. The second kappa shape index (κ2) is 8.31. The van der Waals surface area contributed by atoms with Crippen molar-refractivity contribution in [3.63, 3.8) is 0 Å². The van der Waals surface area contributed by atoms with Gasteiger partial charge >= 0.3 is 0 Å². The van der Waals surface area contributed by atoms with Gasteiger partial charge in [-0.05, 0) is 66.4 Å². The van der Waals surface area contributed by atoms with Gasteiger partial charge in [-0.3, -0.25) is 4.79 Å². The maximum atomic E-state index is 13.8. The fourth-order valence-electron chi connectivity index (χ4n) is 3.72. The van der Waals surface area contributed by atoms with Gasteiger partial charge in [0.1, 0.15) is 11.6 Å². The molecule has 0 spiro atoms. The van der Waals surface area contributed by atoms with Crippen molar-refractivity contribution in [2.75, 3.05) is 13.2 Å². The summed E-state index contributed by atoms with van der Waals surface area (Å²) >= 11 is 0. The topological polar surface area (TPSA) is 74.4 Å². The lowest BCUT2D eigenvalue weighted by Crippen LogP contribution is -2.49. The number of nitrogens with one attached hydrogen (secondary N) is 2. The van der Waals surface area contributed by atoms with Crippen molar-refractivity contribution in [2.24, 2.45) is 0 Å². The van der Waals surface area contributed by atoms with Gasteiger partial charge in [0.2, 0.25) is 5.91 Å². The third-order valence-corrected chi connectivity index (χ3v) is 5.27. The van der Waals surface area contributed by atoms with E-state index in [0.29, 0.717) is 24.8 Å². The zero-order chi connectivity index (χ0) is 20.4. The first-order valence-corrected chi connectivity index (χ1v) is 9.62. The van der Waals surface area contributed by atoms with Gasteiger partial charge in [0, 0.05) is 29.6 Å². The number of ether oxygens (including phenoxy) is 1. The molecule has 2 aromatic carbocycles. The van der Waals surface area contributed by atoms with E-state index in [1.54, 1.807) is 18.2 Å². The second-order valence-electron chi connectivity index (χ2n) is 7.28. The summed E-state index contributed by atoms with van der Waals surface area (Å²) in [5.41, 5.74) is 3.04. The fourth-order valence-corrected chi connectivity index (χ4v) is 3.72. The zero-order valence-corrected chi connectivity index (χ0v) is 15.8. The molecule has 1 aromatic heterocycles. The van der Waals surface area contributed by atoms with Crippen molar-refractivity contribution in [2.45, 2.75) is 31.4 Å². The number of carbonyl (C=O) groups excluding carboxylic acids is 1. The standard InChI is InChI=1S/C22H22F2N2O3/c23-14-3-1-13(2-4-14)22-16(17-11-15(24)5-7-18(17)26-22)6-8-21(28)25-19-12-29-10-9-20(19)27/h1-5,7,11,19-20,26-27H,6,8-10,12H2,(H,25,28)/t19-,20-/m1/s1. The van der Waals surface area contributed by atoms with Crippen molar-refractivity contribution < 1.29 is 23.4 Å². The van der Waals surface area contributed by atoms with Gasteiger partial charge in [-0.2, -0.15) is 0 Å². The van der Waals surface area contributed by atoms with Crippen LogP contribution in [0.2, 0.25) is 0 Å². The molecule has 1 amide bonds. The number of H-pyrrole nitrogens is 1. The Balaban J connectivity index is 1.58. The number of aliphatic hydroxyl groups is 1. The van der Waals surface area contributed by atoms with Gasteiger partial charge in [0.25, 0.3) is 0 Å². The number of hydrogen-bond acceptors (Lipinski definition) is 3. The molecule has 2 atom stereocenters. The molecule has 0 saturated carbocycles. The molecule has 3 N–H and O–H groups in total. The van der Waals surface area contributed by atoms with Crippen molar-refractivity contribution in [1.29, 1.82) is 0 Å². The van der Waals surface area contributed by atoms with Crippen molar-refractivity contribution in [3.8, 4) is 11.3 Å². The number of fused-ring (bicyclic) bond motifs is 1. The monoisotopic (exact) mass is 400 g/mol. The van der Waals surface area contributed by atoms with Crippen LogP contribution < -0.4 is 5.32 Å². The quantitative estimate of drug-likeness (QED) is 0.615.